The molecule has 5 heteroatoms. The van der Waals surface area contributed by atoms with Crippen molar-refractivity contribution in [3.63, 3.8) is 0 Å². The van der Waals surface area contributed by atoms with Crippen molar-refractivity contribution in [2.45, 2.75) is 45.6 Å². The molecule has 5 atom stereocenters. The molecule has 23 heavy (non-hydrogen) atoms. The minimum atomic E-state index is -0.263. The number of likely N-dealkylation sites (tertiary alicyclic amines) is 1. The summed E-state index contributed by atoms with van der Waals surface area (Å²) in [5, 5.41) is 2.90. The molecule has 0 unspecified atom stereocenters. The van der Waals surface area contributed by atoms with Crippen molar-refractivity contribution < 1.29 is 9.59 Å². The highest BCUT2D eigenvalue weighted by Gasteiger charge is 2.60. The lowest BCUT2D eigenvalue weighted by Crippen LogP contribution is -2.35. The Hall–Kier alpha value is -1.49. The van der Waals surface area contributed by atoms with E-state index in [2.05, 4.69) is 32.9 Å². The molecule has 4 rings (SSSR count). The third-order valence-electron chi connectivity index (χ3n) is 5.54. The molecule has 3 aliphatic rings. The maximum absolute atomic E-state index is 12.9. The minimum Gasteiger partial charge on any atom is -0.274 e. The summed E-state index contributed by atoms with van der Waals surface area (Å²) >= 11 is 1.55. The zero-order chi connectivity index (χ0) is 16.5. The monoisotopic (exact) mass is 330 g/mol. The van der Waals surface area contributed by atoms with Crippen LogP contribution in [-0.2, 0) is 15.0 Å². The molecule has 0 spiro atoms. The van der Waals surface area contributed by atoms with Gasteiger partial charge in [0, 0.05) is 10.8 Å². The van der Waals surface area contributed by atoms with E-state index in [0.29, 0.717) is 0 Å². The van der Waals surface area contributed by atoms with Gasteiger partial charge < -0.3 is 0 Å². The summed E-state index contributed by atoms with van der Waals surface area (Å²) < 4.78 is 0. The fourth-order valence-corrected chi connectivity index (χ4v) is 5.33. The van der Waals surface area contributed by atoms with E-state index in [0.717, 1.165) is 17.1 Å². The number of amides is 2. The van der Waals surface area contributed by atoms with Gasteiger partial charge in [0.2, 0.25) is 11.8 Å². The number of aromatic nitrogens is 1. The summed E-state index contributed by atoms with van der Waals surface area (Å²) in [5.41, 5.74) is 0.998. The first kappa shape index (κ1) is 15.1. The van der Waals surface area contributed by atoms with E-state index >= 15 is 0 Å². The Morgan fingerprint density at radius 1 is 1.17 bits per heavy atom. The number of thiazole rings is 1. The molecule has 1 aromatic rings. The molecule has 2 aliphatic carbocycles. The van der Waals surface area contributed by atoms with Gasteiger partial charge in [-0.05, 0) is 25.2 Å². The van der Waals surface area contributed by atoms with Gasteiger partial charge in [-0.25, -0.2) is 4.98 Å². The largest absolute Gasteiger partial charge is 0.274 e. The number of allylic oxidation sites excluding steroid dienone is 2. The lowest BCUT2D eigenvalue weighted by atomic mass is 9.85. The lowest BCUT2D eigenvalue weighted by Gasteiger charge is -2.23. The molecule has 2 heterocycles. The first-order chi connectivity index (χ1) is 10.8. The third kappa shape index (κ3) is 2.05. The van der Waals surface area contributed by atoms with E-state index in [1.165, 1.54) is 4.90 Å². The van der Waals surface area contributed by atoms with Crippen molar-refractivity contribution in [2.24, 2.45) is 23.7 Å². The second-order valence-electron chi connectivity index (χ2n) is 8.04. The zero-order valence-corrected chi connectivity index (χ0v) is 14.8. The van der Waals surface area contributed by atoms with Crippen LogP contribution in [0, 0.1) is 23.7 Å². The van der Waals surface area contributed by atoms with Gasteiger partial charge in [-0.2, -0.15) is 0 Å². The number of rotatable bonds is 2. The fourth-order valence-electron chi connectivity index (χ4n) is 4.24. The van der Waals surface area contributed by atoms with E-state index in [4.69, 9.17) is 4.98 Å². The lowest BCUT2D eigenvalue weighted by molar-refractivity contribution is -0.143. The van der Waals surface area contributed by atoms with Crippen LogP contribution < -0.4 is 0 Å². The molecule has 1 aliphatic heterocycles. The SMILES string of the molecule is C[C@H](c1nc(C(C)(C)C)cs1)N1C(=O)[C@@H]2[C@H](C1=O)[C@H]1C=C[C@@H]2C1. The Morgan fingerprint density at radius 2 is 1.74 bits per heavy atom. The quantitative estimate of drug-likeness (QED) is 0.617. The van der Waals surface area contributed by atoms with Crippen LogP contribution in [0.2, 0.25) is 0 Å². The molecule has 0 N–H and O–H groups in total. The van der Waals surface area contributed by atoms with Crippen molar-refractivity contribution in [2.75, 3.05) is 0 Å². The van der Waals surface area contributed by atoms with Gasteiger partial charge in [-0.1, -0.05) is 32.9 Å². The van der Waals surface area contributed by atoms with Gasteiger partial charge in [0.25, 0.3) is 0 Å². The predicted octanol–water partition coefficient (Wildman–Crippen LogP) is 3.31. The molecule has 0 aromatic carbocycles. The molecule has 1 saturated carbocycles. The van der Waals surface area contributed by atoms with Gasteiger partial charge in [0.15, 0.2) is 0 Å². The van der Waals surface area contributed by atoms with Gasteiger partial charge >= 0.3 is 0 Å². The summed E-state index contributed by atoms with van der Waals surface area (Å²) in [6.45, 7) is 8.29. The molecular formula is C18H22N2O2S. The number of carbonyl (C=O) groups excluding carboxylic acids is 2. The standard InChI is InChI=1S/C18H22N2O2S/c1-9(15-19-12(8-23-15)18(2,3)4)20-16(21)13-10-5-6-11(7-10)14(13)17(20)22/h5-6,8-11,13-14H,7H2,1-4H3/t9-,10-,11+,13+,14-/m1/s1. The van der Waals surface area contributed by atoms with E-state index in [-0.39, 0.29) is 46.9 Å². The smallest absolute Gasteiger partial charge is 0.234 e. The second kappa shape index (κ2) is 4.76. The Balaban J connectivity index is 1.62. The maximum Gasteiger partial charge on any atom is 0.234 e. The van der Waals surface area contributed by atoms with Crippen LogP contribution in [-0.4, -0.2) is 21.7 Å². The number of nitrogens with zero attached hydrogens (tertiary/aromatic N) is 2. The number of carbonyl (C=O) groups is 2. The summed E-state index contributed by atoms with van der Waals surface area (Å²) in [6, 6.07) is -0.263. The summed E-state index contributed by atoms with van der Waals surface area (Å²) in [7, 11) is 0. The molecule has 2 bridgehead atoms. The maximum atomic E-state index is 12.9. The van der Waals surface area contributed by atoms with E-state index in [1.54, 1.807) is 11.3 Å². The Labute approximate surface area is 140 Å². The molecular weight excluding hydrogens is 308 g/mol. The van der Waals surface area contributed by atoms with Crippen LogP contribution in [0.15, 0.2) is 17.5 Å². The van der Waals surface area contributed by atoms with E-state index in [1.807, 2.05) is 12.3 Å². The van der Waals surface area contributed by atoms with Crippen LogP contribution in [0.4, 0.5) is 0 Å². The van der Waals surface area contributed by atoms with Crippen molar-refractivity contribution in [3.8, 4) is 0 Å². The number of fused-ring (bicyclic) bond motifs is 5. The number of hydrogen-bond acceptors (Lipinski definition) is 4. The predicted molar refractivity (Wildman–Crippen MR) is 88.8 cm³/mol. The molecule has 2 fully saturated rings. The minimum absolute atomic E-state index is 0.0110. The topological polar surface area (TPSA) is 50.3 Å². The molecule has 1 aromatic heterocycles. The van der Waals surface area contributed by atoms with Crippen LogP contribution in [0.1, 0.15) is 50.9 Å². The number of hydrogen-bond donors (Lipinski definition) is 0. The Bertz CT molecular complexity index is 685. The van der Waals surface area contributed by atoms with Crippen molar-refractivity contribution in [1.29, 1.82) is 0 Å². The third-order valence-corrected chi connectivity index (χ3v) is 6.55. The second-order valence-corrected chi connectivity index (χ2v) is 8.93. The Kier molecular flexibility index (Phi) is 3.12. The van der Waals surface area contributed by atoms with Gasteiger partial charge in [-0.15, -0.1) is 11.3 Å². The average Bonchev–Trinajstić information content (AvgIpc) is 3.21. The van der Waals surface area contributed by atoms with Gasteiger partial charge in [0.1, 0.15) is 5.01 Å². The first-order valence-electron chi connectivity index (χ1n) is 8.30. The van der Waals surface area contributed by atoms with Crippen molar-refractivity contribution in [3.05, 3.63) is 28.2 Å². The normalized spacial score (nSPS) is 33.7. The van der Waals surface area contributed by atoms with Crippen molar-refractivity contribution >= 4 is 23.2 Å². The van der Waals surface area contributed by atoms with Crippen LogP contribution in [0.25, 0.3) is 0 Å². The zero-order valence-electron chi connectivity index (χ0n) is 13.9. The average molecular weight is 330 g/mol. The highest BCUT2D eigenvalue weighted by molar-refractivity contribution is 7.09. The summed E-state index contributed by atoms with van der Waals surface area (Å²) in [5.74, 6) is 0.304. The molecule has 2 amide bonds. The van der Waals surface area contributed by atoms with E-state index in [9.17, 15) is 9.59 Å². The van der Waals surface area contributed by atoms with Gasteiger partial charge in [0.05, 0.1) is 23.6 Å². The fraction of sp³-hybridized carbons (Fsp3) is 0.611. The van der Waals surface area contributed by atoms with E-state index < -0.39 is 0 Å². The highest BCUT2D eigenvalue weighted by atomic mass is 32.1. The highest BCUT2D eigenvalue weighted by Crippen LogP contribution is 2.53. The summed E-state index contributed by atoms with van der Waals surface area (Å²) in [6.07, 6.45) is 5.24. The Morgan fingerprint density at radius 3 is 2.22 bits per heavy atom. The summed E-state index contributed by atoms with van der Waals surface area (Å²) in [4.78, 5) is 31.9. The van der Waals surface area contributed by atoms with Crippen molar-refractivity contribution in [1.82, 2.24) is 9.88 Å². The first-order valence-corrected chi connectivity index (χ1v) is 9.18. The van der Waals surface area contributed by atoms with Crippen LogP contribution in [0.5, 0.6) is 0 Å². The molecule has 122 valence electrons. The molecule has 4 nitrogen and oxygen atoms in total. The van der Waals surface area contributed by atoms with Gasteiger partial charge in [-0.3, -0.25) is 14.5 Å². The number of imide groups is 1. The van der Waals surface area contributed by atoms with Crippen LogP contribution in [0.3, 0.4) is 0 Å². The molecule has 0 radical (unpaired) electrons. The van der Waals surface area contributed by atoms with Crippen LogP contribution >= 0.6 is 11.3 Å². The molecule has 1 saturated heterocycles.